The number of rotatable bonds is 3. The second kappa shape index (κ2) is 3.88. The summed E-state index contributed by atoms with van der Waals surface area (Å²) >= 11 is 0. The Labute approximate surface area is 45.4 Å². The van der Waals surface area contributed by atoms with Crippen LogP contribution in [0.1, 0.15) is 13.3 Å². The third-order valence-corrected chi connectivity index (χ3v) is 0.982. The van der Waals surface area contributed by atoms with E-state index in [1.807, 2.05) is 7.05 Å². The summed E-state index contributed by atoms with van der Waals surface area (Å²) in [7, 11) is 1.92. The Morgan fingerprint density at radius 2 is 2.43 bits per heavy atom. The standard InChI is InChI=1S/C6H12N/c1-4-5-6(2)7-3/h1,4,6-7H,5H2,2-3H3. The van der Waals surface area contributed by atoms with Crippen LogP contribution >= 0.6 is 0 Å². The zero-order chi connectivity index (χ0) is 5.70. The lowest BCUT2D eigenvalue weighted by atomic mass is 10.2. The highest BCUT2D eigenvalue weighted by atomic mass is 14.8. The van der Waals surface area contributed by atoms with Crippen molar-refractivity contribution in [3.63, 3.8) is 0 Å². The first kappa shape index (κ1) is 6.70. The van der Waals surface area contributed by atoms with E-state index in [0.717, 1.165) is 6.42 Å². The van der Waals surface area contributed by atoms with Gasteiger partial charge in [0.05, 0.1) is 0 Å². The maximum Gasteiger partial charge on any atom is 0.00703 e. The van der Waals surface area contributed by atoms with Gasteiger partial charge in [0.15, 0.2) is 0 Å². The molecule has 0 aliphatic carbocycles. The van der Waals surface area contributed by atoms with Crippen LogP contribution in [-0.4, -0.2) is 13.1 Å². The number of nitrogens with one attached hydrogen (secondary N) is 1. The summed E-state index contributed by atoms with van der Waals surface area (Å²) in [6, 6.07) is 0.519. The Hall–Kier alpha value is -0.300. The first-order chi connectivity index (χ1) is 3.31. The van der Waals surface area contributed by atoms with Crippen LogP contribution in [0.5, 0.6) is 0 Å². The highest BCUT2D eigenvalue weighted by Crippen LogP contribution is 1.86. The van der Waals surface area contributed by atoms with Gasteiger partial charge in [-0.25, -0.2) is 0 Å². The van der Waals surface area contributed by atoms with Gasteiger partial charge in [-0.05, 0) is 20.4 Å². The quantitative estimate of drug-likeness (QED) is 0.554. The summed E-state index contributed by atoms with van der Waals surface area (Å²) in [5.41, 5.74) is 0. The molecule has 41 valence electrons. The molecule has 0 rings (SSSR count). The molecule has 1 unspecified atom stereocenters. The van der Waals surface area contributed by atoms with Crippen LogP contribution < -0.4 is 5.32 Å². The van der Waals surface area contributed by atoms with Crippen molar-refractivity contribution < 1.29 is 0 Å². The lowest BCUT2D eigenvalue weighted by molar-refractivity contribution is 0.620. The predicted octanol–water partition coefficient (Wildman–Crippen LogP) is 0.974. The molecule has 7 heavy (non-hydrogen) atoms. The van der Waals surface area contributed by atoms with E-state index in [1.165, 1.54) is 0 Å². The molecule has 1 heteroatoms. The highest BCUT2D eigenvalue weighted by Gasteiger charge is 1.88. The zero-order valence-electron chi connectivity index (χ0n) is 4.94. The van der Waals surface area contributed by atoms with Gasteiger partial charge in [-0.1, -0.05) is 12.7 Å². The van der Waals surface area contributed by atoms with E-state index in [1.54, 1.807) is 6.08 Å². The Bertz CT molecular complexity index is 50.1. The molecular formula is C6H12N. The molecule has 0 aliphatic rings. The minimum atomic E-state index is 0.519. The SMILES string of the molecule is [CH]=CCC(C)NC. The Kier molecular flexibility index (Phi) is 3.71. The molecule has 0 spiro atoms. The lowest BCUT2D eigenvalue weighted by Crippen LogP contribution is -2.19. The molecule has 1 N–H and O–H groups in total. The van der Waals surface area contributed by atoms with Crippen LogP contribution in [0, 0.1) is 6.58 Å². The third-order valence-electron chi connectivity index (χ3n) is 0.982. The average molecular weight is 98.2 g/mol. The van der Waals surface area contributed by atoms with Gasteiger partial charge in [0.2, 0.25) is 0 Å². The summed E-state index contributed by atoms with van der Waals surface area (Å²) in [5.74, 6) is 0. The first-order valence-corrected chi connectivity index (χ1v) is 2.52. The monoisotopic (exact) mass is 98.1 g/mol. The summed E-state index contributed by atoms with van der Waals surface area (Å²) in [4.78, 5) is 0. The maximum absolute atomic E-state index is 5.14. The third kappa shape index (κ3) is 3.53. The summed E-state index contributed by atoms with van der Waals surface area (Å²) in [6.07, 6.45) is 2.61. The van der Waals surface area contributed by atoms with Gasteiger partial charge < -0.3 is 5.32 Å². The van der Waals surface area contributed by atoms with Crippen molar-refractivity contribution in [2.45, 2.75) is 19.4 Å². The van der Waals surface area contributed by atoms with Crippen LogP contribution in [0.2, 0.25) is 0 Å². The van der Waals surface area contributed by atoms with Gasteiger partial charge in [0.25, 0.3) is 0 Å². The molecule has 1 radical (unpaired) electrons. The van der Waals surface area contributed by atoms with Gasteiger partial charge in [0.1, 0.15) is 0 Å². The molecule has 0 aromatic carbocycles. The second-order valence-corrected chi connectivity index (χ2v) is 1.66. The van der Waals surface area contributed by atoms with Crippen molar-refractivity contribution in [1.29, 1.82) is 0 Å². The van der Waals surface area contributed by atoms with Crippen molar-refractivity contribution in [3.05, 3.63) is 12.7 Å². The van der Waals surface area contributed by atoms with Crippen LogP contribution in [0.15, 0.2) is 6.08 Å². The lowest BCUT2D eigenvalue weighted by Gasteiger charge is -2.03. The van der Waals surface area contributed by atoms with E-state index in [9.17, 15) is 0 Å². The molecule has 0 aliphatic heterocycles. The summed E-state index contributed by atoms with van der Waals surface area (Å²) < 4.78 is 0. The number of hydrogen-bond acceptors (Lipinski definition) is 1. The fraction of sp³-hybridized carbons (Fsp3) is 0.667. The Balaban J connectivity index is 2.98. The van der Waals surface area contributed by atoms with E-state index in [2.05, 4.69) is 12.2 Å². The van der Waals surface area contributed by atoms with Crippen LogP contribution in [0.3, 0.4) is 0 Å². The predicted molar refractivity (Wildman–Crippen MR) is 32.0 cm³/mol. The second-order valence-electron chi connectivity index (χ2n) is 1.66. The fourth-order valence-corrected chi connectivity index (χ4v) is 0.322. The zero-order valence-corrected chi connectivity index (χ0v) is 4.94. The molecule has 0 saturated carbocycles. The van der Waals surface area contributed by atoms with Crippen molar-refractivity contribution in [2.24, 2.45) is 0 Å². The molecule has 1 nitrogen and oxygen atoms in total. The molecule has 0 fully saturated rings. The molecule has 0 amide bonds. The van der Waals surface area contributed by atoms with E-state index < -0.39 is 0 Å². The van der Waals surface area contributed by atoms with Gasteiger partial charge in [-0.3, -0.25) is 0 Å². The van der Waals surface area contributed by atoms with Crippen molar-refractivity contribution in [2.75, 3.05) is 7.05 Å². The smallest absolute Gasteiger partial charge is 0.00703 e. The van der Waals surface area contributed by atoms with Gasteiger partial charge in [-0.2, -0.15) is 0 Å². The minimum absolute atomic E-state index is 0.519. The largest absolute Gasteiger partial charge is 0.317 e. The van der Waals surface area contributed by atoms with Gasteiger partial charge in [-0.15, -0.1) is 0 Å². The fourth-order valence-electron chi connectivity index (χ4n) is 0.322. The molecule has 0 bridgehead atoms. The normalized spacial score (nSPS) is 13.4. The maximum atomic E-state index is 5.14. The van der Waals surface area contributed by atoms with Gasteiger partial charge in [0, 0.05) is 6.04 Å². The molecule has 1 atom stereocenters. The minimum Gasteiger partial charge on any atom is -0.317 e. The summed E-state index contributed by atoms with van der Waals surface area (Å²) in [6.45, 7) is 7.23. The molecule has 0 saturated heterocycles. The van der Waals surface area contributed by atoms with Crippen LogP contribution in [0.25, 0.3) is 0 Å². The van der Waals surface area contributed by atoms with Crippen LogP contribution in [0.4, 0.5) is 0 Å². The van der Waals surface area contributed by atoms with E-state index in [4.69, 9.17) is 6.58 Å². The van der Waals surface area contributed by atoms with Crippen molar-refractivity contribution in [3.8, 4) is 0 Å². The highest BCUT2D eigenvalue weighted by molar-refractivity contribution is 4.70. The van der Waals surface area contributed by atoms with Crippen molar-refractivity contribution in [1.82, 2.24) is 5.32 Å². The number of hydrogen-bond donors (Lipinski definition) is 1. The van der Waals surface area contributed by atoms with Crippen molar-refractivity contribution >= 4 is 0 Å². The average Bonchev–Trinajstić information content (AvgIpc) is 1.68. The molecule has 0 heterocycles. The first-order valence-electron chi connectivity index (χ1n) is 2.52. The van der Waals surface area contributed by atoms with E-state index in [0.29, 0.717) is 6.04 Å². The molecule has 0 aromatic heterocycles. The topological polar surface area (TPSA) is 12.0 Å². The van der Waals surface area contributed by atoms with Crippen LogP contribution in [-0.2, 0) is 0 Å². The Morgan fingerprint density at radius 3 is 2.57 bits per heavy atom. The molecular weight excluding hydrogens is 86.1 g/mol. The van der Waals surface area contributed by atoms with Gasteiger partial charge >= 0.3 is 0 Å². The van der Waals surface area contributed by atoms with E-state index >= 15 is 0 Å². The van der Waals surface area contributed by atoms with E-state index in [-0.39, 0.29) is 0 Å². The molecule has 0 aromatic rings. The Morgan fingerprint density at radius 1 is 1.86 bits per heavy atom. The summed E-state index contributed by atoms with van der Waals surface area (Å²) in [5, 5.41) is 3.05.